The summed E-state index contributed by atoms with van der Waals surface area (Å²) in [4.78, 5) is 40.0. The van der Waals surface area contributed by atoms with E-state index in [0.29, 0.717) is 40.6 Å². The van der Waals surface area contributed by atoms with E-state index < -0.39 is 58.2 Å². The van der Waals surface area contributed by atoms with Crippen molar-refractivity contribution in [2.45, 2.75) is 20.0 Å². The van der Waals surface area contributed by atoms with E-state index in [-0.39, 0.29) is 27.2 Å². The number of aromatic nitrogens is 6. The Balaban J connectivity index is 0.000000197. The largest absolute Gasteiger partial charge is 0.419 e. The highest BCUT2D eigenvalue weighted by molar-refractivity contribution is 7.10. The molecular weight excluding hydrogens is 714 g/mol. The maximum absolute atomic E-state index is 14.2. The number of carbonyl (C=O) groups is 2. The first kappa shape index (κ1) is 35.6. The average molecular weight is 733 g/mol. The van der Waals surface area contributed by atoms with Gasteiger partial charge in [-0.25, -0.2) is 17.6 Å². The van der Waals surface area contributed by atoms with Crippen LogP contribution in [0.1, 0.15) is 37.7 Å². The molecule has 0 radical (unpaired) electrons. The van der Waals surface area contributed by atoms with Gasteiger partial charge in [0.05, 0.1) is 27.8 Å². The fourth-order valence-electron chi connectivity index (χ4n) is 4.22. The predicted molar refractivity (Wildman–Crippen MR) is 169 cm³/mol. The number of amides is 2. The van der Waals surface area contributed by atoms with Gasteiger partial charge in [-0.15, -0.1) is 0 Å². The summed E-state index contributed by atoms with van der Waals surface area (Å²) >= 11 is 1.42. The van der Waals surface area contributed by atoms with Crippen LogP contribution in [0.15, 0.2) is 67.0 Å². The second-order valence-electron chi connectivity index (χ2n) is 9.91. The minimum Gasteiger partial charge on any atom is -0.297 e. The molecule has 10 nitrogen and oxygen atoms in total. The lowest BCUT2D eigenvalue weighted by molar-refractivity contribution is -0.139. The number of nitrogens with zero attached hydrogens (tertiary/aromatic N) is 6. The number of aryl methyl sites for hydroxylation is 2. The zero-order valence-electron chi connectivity index (χ0n) is 25.3. The second-order valence-corrected chi connectivity index (χ2v) is 11.4. The molecule has 2 amide bonds. The molecule has 6 rings (SSSR count). The average Bonchev–Trinajstić information content (AvgIpc) is 3.71. The molecule has 256 valence electrons. The second kappa shape index (κ2) is 14.8. The summed E-state index contributed by atoms with van der Waals surface area (Å²) in [6.45, 7) is 3.31. The van der Waals surface area contributed by atoms with Gasteiger partial charge in [-0.3, -0.25) is 30.2 Å². The SMILES string of the molecule is Cc1ncccc1C(=O)Nc1nc(-c2c(F)ccc(C(F)(F)F)c2F)ns1.Cc1ncccc1C(=O)Nc1nc(-c2c(F)cccc2F)ns1. The fraction of sp³-hybridized carbons (Fsp3) is 0.0968. The van der Waals surface area contributed by atoms with Gasteiger partial charge in [0.1, 0.15) is 23.3 Å². The maximum atomic E-state index is 14.2. The molecule has 6 aromatic rings. The molecule has 2 N–H and O–H groups in total. The highest BCUT2D eigenvalue weighted by Gasteiger charge is 2.37. The molecule has 0 spiro atoms. The van der Waals surface area contributed by atoms with E-state index in [1.165, 1.54) is 18.3 Å². The molecule has 19 heteroatoms. The summed E-state index contributed by atoms with van der Waals surface area (Å²) in [5, 5.41) is 4.94. The van der Waals surface area contributed by atoms with Crippen LogP contribution >= 0.6 is 23.1 Å². The van der Waals surface area contributed by atoms with Crippen LogP contribution in [0.3, 0.4) is 0 Å². The van der Waals surface area contributed by atoms with Crippen LogP contribution in [0.4, 0.5) is 41.0 Å². The third kappa shape index (κ3) is 7.95. The summed E-state index contributed by atoms with van der Waals surface area (Å²) in [5.74, 6) is -6.29. The lowest BCUT2D eigenvalue weighted by Crippen LogP contribution is -2.13. The predicted octanol–water partition coefficient (Wildman–Crippen LogP) is 7.90. The number of carbonyl (C=O) groups excluding carboxylic acids is 2. The Hall–Kier alpha value is -5.69. The number of pyridine rings is 2. The number of halogens is 7. The monoisotopic (exact) mass is 732 g/mol. The Bertz CT molecular complexity index is 2190. The molecule has 2 aromatic carbocycles. The van der Waals surface area contributed by atoms with Gasteiger partial charge in [0.2, 0.25) is 10.3 Å². The molecule has 0 fully saturated rings. The van der Waals surface area contributed by atoms with Gasteiger partial charge in [0, 0.05) is 46.8 Å². The zero-order chi connectivity index (χ0) is 36.2. The summed E-state index contributed by atoms with van der Waals surface area (Å²) in [5.41, 5.74) is -1.33. The lowest BCUT2D eigenvalue weighted by atomic mass is 10.1. The molecule has 0 bridgehead atoms. The highest BCUT2D eigenvalue weighted by atomic mass is 32.1. The van der Waals surface area contributed by atoms with E-state index in [1.54, 1.807) is 38.2 Å². The van der Waals surface area contributed by atoms with Crippen molar-refractivity contribution in [3.05, 3.63) is 118 Å². The van der Waals surface area contributed by atoms with Gasteiger partial charge in [-0.1, -0.05) is 6.07 Å². The van der Waals surface area contributed by atoms with E-state index in [2.05, 4.69) is 39.3 Å². The molecule has 0 atom stereocenters. The third-order valence-electron chi connectivity index (χ3n) is 6.60. The van der Waals surface area contributed by atoms with Gasteiger partial charge < -0.3 is 0 Å². The van der Waals surface area contributed by atoms with E-state index in [0.717, 1.165) is 23.7 Å². The van der Waals surface area contributed by atoms with Crippen molar-refractivity contribution in [2.75, 3.05) is 10.6 Å². The van der Waals surface area contributed by atoms with E-state index >= 15 is 0 Å². The van der Waals surface area contributed by atoms with Crippen LogP contribution in [-0.4, -0.2) is 40.5 Å². The number of anilines is 2. The van der Waals surface area contributed by atoms with Crippen LogP contribution in [0.5, 0.6) is 0 Å². The Kier molecular flexibility index (Phi) is 10.6. The van der Waals surface area contributed by atoms with Gasteiger partial charge in [-0.2, -0.15) is 31.9 Å². The number of benzene rings is 2. The van der Waals surface area contributed by atoms with Crippen molar-refractivity contribution in [1.29, 1.82) is 0 Å². The van der Waals surface area contributed by atoms with Crippen LogP contribution in [0.25, 0.3) is 22.8 Å². The molecular formula is C31H19F7N8O2S2. The Morgan fingerprint density at radius 3 is 1.56 bits per heavy atom. The first-order valence-corrected chi connectivity index (χ1v) is 15.4. The van der Waals surface area contributed by atoms with Crippen molar-refractivity contribution < 1.29 is 40.3 Å². The molecule has 0 saturated carbocycles. The molecule has 0 unspecified atom stereocenters. The normalized spacial score (nSPS) is 11.1. The first-order valence-electron chi connectivity index (χ1n) is 13.9. The number of nitrogens with one attached hydrogen (secondary N) is 2. The molecule has 50 heavy (non-hydrogen) atoms. The molecule has 0 aliphatic heterocycles. The quantitative estimate of drug-likeness (QED) is 0.165. The van der Waals surface area contributed by atoms with Crippen molar-refractivity contribution in [3.8, 4) is 22.8 Å². The van der Waals surface area contributed by atoms with Crippen LogP contribution in [0.2, 0.25) is 0 Å². The molecule has 4 aromatic heterocycles. The Morgan fingerprint density at radius 1 is 0.640 bits per heavy atom. The summed E-state index contributed by atoms with van der Waals surface area (Å²) in [7, 11) is 0. The van der Waals surface area contributed by atoms with Gasteiger partial charge in [0.25, 0.3) is 11.8 Å². The Morgan fingerprint density at radius 2 is 1.10 bits per heavy atom. The van der Waals surface area contributed by atoms with Crippen LogP contribution in [-0.2, 0) is 6.18 Å². The third-order valence-corrected chi connectivity index (χ3v) is 7.86. The number of rotatable bonds is 6. The smallest absolute Gasteiger partial charge is 0.297 e. The van der Waals surface area contributed by atoms with Crippen LogP contribution < -0.4 is 10.6 Å². The molecule has 0 aliphatic carbocycles. The van der Waals surface area contributed by atoms with Gasteiger partial charge in [-0.05, 0) is 62.4 Å². The van der Waals surface area contributed by atoms with E-state index in [4.69, 9.17) is 0 Å². The van der Waals surface area contributed by atoms with Crippen molar-refractivity contribution in [1.82, 2.24) is 28.7 Å². The summed E-state index contributed by atoms with van der Waals surface area (Å²) in [6.07, 6.45) is -1.93. The molecule has 0 saturated heterocycles. The maximum Gasteiger partial charge on any atom is 0.419 e. The van der Waals surface area contributed by atoms with Gasteiger partial charge >= 0.3 is 6.18 Å². The number of alkyl halides is 3. The zero-order valence-corrected chi connectivity index (χ0v) is 26.9. The van der Waals surface area contributed by atoms with Crippen molar-refractivity contribution in [3.63, 3.8) is 0 Å². The standard InChI is InChI=1S/C16H9F5N4OS.C15H10F2N4OS/c1-7-8(3-2-6-22-7)14(26)24-15-23-13(25-27-15)11-10(17)5-4-9(12(11)18)16(19,20)21;1-8-9(4-3-7-18-8)14(22)20-15-19-13(21-23-15)12-10(16)5-2-6-11(12)17/h2-6H,1H3,(H,23,24,25,26);2-7H,1H3,(H,19,20,21,22). The fourth-order valence-corrected chi connectivity index (χ4v) is 5.36. The van der Waals surface area contributed by atoms with E-state index in [9.17, 15) is 40.3 Å². The summed E-state index contributed by atoms with van der Waals surface area (Å²) in [6, 6.07) is 10.6. The number of hydrogen-bond acceptors (Lipinski definition) is 10. The molecule has 0 aliphatic rings. The van der Waals surface area contributed by atoms with Crippen molar-refractivity contribution >= 4 is 45.1 Å². The number of hydrogen-bond donors (Lipinski definition) is 2. The summed E-state index contributed by atoms with van der Waals surface area (Å²) < 4.78 is 102. The van der Waals surface area contributed by atoms with Crippen molar-refractivity contribution in [2.24, 2.45) is 0 Å². The van der Waals surface area contributed by atoms with Gasteiger partial charge in [0.15, 0.2) is 11.6 Å². The first-order chi connectivity index (χ1) is 23.7. The van der Waals surface area contributed by atoms with Crippen LogP contribution in [0, 0.1) is 37.1 Å². The minimum atomic E-state index is -5.00. The lowest BCUT2D eigenvalue weighted by Gasteiger charge is -2.10. The molecule has 4 heterocycles. The highest BCUT2D eigenvalue weighted by Crippen LogP contribution is 2.37. The Labute approximate surface area is 285 Å². The topological polar surface area (TPSA) is 136 Å². The minimum absolute atomic E-state index is 0.108. The van der Waals surface area contributed by atoms with E-state index in [1.807, 2.05) is 0 Å².